The Hall–Kier alpha value is -3.68. The van der Waals surface area contributed by atoms with Crippen molar-refractivity contribution >= 4 is 17.5 Å². The van der Waals surface area contributed by atoms with E-state index in [0.717, 1.165) is 61.0 Å². The first kappa shape index (κ1) is 27.9. The molecule has 1 aliphatic carbocycles. The molecule has 1 unspecified atom stereocenters. The predicted octanol–water partition coefficient (Wildman–Crippen LogP) is 5.41. The number of cyclic esters (lactones) is 1. The number of nitrogens with one attached hydrogen (secondary N) is 1. The maximum Gasteiger partial charge on any atom is 0.338 e. The fraction of sp³-hybridized carbons (Fsp3) is 0.500. The highest BCUT2D eigenvalue weighted by Gasteiger charge is 2.48. The van der Waals surface area contributed by atoms with Gasteiger partial charge in [-0.3, -0.25) is 4.79 Å². The Morgan fingerprint density at radius 3 is 2.65 bits per heavy atom. The third-order valence-electron chi connectivity index (χ3n) is 8.61. The standard InChI is InChI=1S/C32H40N4O4/c1-5-24-16-23(10-11-25(24)19-33-22(4)37)12-13-32(26-8-6-7-9-26)18-28(38)27(31(39)40-32)17-29-34-30-15-20(2)14-21(3)36(30)35-29/h10-11,14-16,26,38H,5-9,12-13,17-19H2,1-4H3,(H,33,37). The zero-order valence-electron chi connectivity index (χ0n) is 24.0. The molecule has 0 saturated heterocycles. The fourth-order valence-electron chi connectivity index (χ4n) is 6.49. The molecule has 1 amide bonds. The Kier molecular flexibility index (Phi) is 7.97. The number of pyridine rings is 1. The molecule has 1 saturated carbocycles. The first-order valence-corrected chi connectivity index (χ1v) is 14.5. The number of amides is 1. The Labute approximate surface area is 235 Å². The molecule has 5 rings (SSSR count). The minimum absolute atomic E-state index is 0.0434. The van der Waals surface area contributed by atoms with Gasteiger partial charge in [0.25, 0.3) is 0 Å². The van der Waals surface area contributed by atoms with Crippen molar-refractivity contribution in [3.8, 4) is 0 Å². The average Bonchev–Trinajstić information content (AvgIpc) is 3.59. The third-order valence-corrected chi connectivity index (χ3v) is 8.61. The van der Waals surface area contributed by atoms with Crippen LogP contribution in [-0.4, -0.2) is 37.2 Å². The molecule has 3 aromatic rings. The fourth-order valence-corrected chi connectivity index (χ4v) is 6.49. The van der Waals surface area contributed by atoms with Gasteiger partial charge in [-0.2, -0.15) is 5.10 Å². The predicted molar refractivity (Wildman–Crippen MR) is 153 cm³/mol. The van der Waals surface area contributed by atoms with Crippen molar-refractivity contribution in [2.75, 3.05) is 0 Å². The van der Waals surface area contributed by atoms with Crippen molar-refractivity contribution in [2.45, 2.75) is 97.6 Å². The summed E-state index contributed by atoms with van der Waals surface area (Å²) in [5, 5.41) is 18.7. The molecule has 0 spiro atoms. The van der Waals surface area contributed by atoms with E-state index in [1.807, 2.05) is 26.0 Å². The number of aromatic nitrogens is 3. The molecule has 1 aromatic carbocycles. The van der Waals surface area contributed by atoms with E-state index in [1.54, 1.807) is 4.52 Å². The van der Waals surface area contributed by atoms with E-state index >= 15 is 0 Å². The topological polar surface area (TPSA) is 106 Å². The van der Waals surface area contributed by atoms with Gasteiger partial charge in [0.05, 0.1) is 5.57 Å². The molecule has 2 aromatic heterocycles. The molecule has 2 N–H and O–H groups in total. The lowest BCUT2D eigenvalue weighted by Gasteiger charge is -2.41. The highest BCUT2D eigenvalue weighted by Crippen LogP contribution is 2.46. The summed E-state index contributed by atoms with van der Waals surface area (Å²) in [6.07, 6.45) is 6.95. The second kappa shape index (κ2) is 11.4. The monoisotopic (exact) mass is 544 g/mol. The van der Waals surface area contributed by atoms with Gasteiger partial charge in [-0.25, -0.2) is 14.3 Å². The van der Waals surface area contributed by atoms with Crippen molar-refractivity contribution in [3.63, 3.8) is 0 Å². The summed E-state index contributed by atoms with van der Waals surface area (Å²) in [5.74, 6) is 0.325. The minimum atomic E-state index is -0.720. The Morgan fingerprint density at radius 1 is 1.18 bits per heavy atom. The van der Waals surface area contributed by atoms with Crippen LogP contribution in [0.15, 0.2) is 41.7 Å². The number of fused-ring (bicyclic) bond motifs is 1. The number of aryl methyl sites for hydroxylation is 4. The molecule has 8 heteroatoms. The van der Waals surface area contributed by atoms with E-state index < -0.39 is 11.6 Å². The smallest absolute Gasteiger partial charge is 0.338 e. The number of esters is 1. The van der Waals surface area contributed by atoms with Crippen LogP contribution in [0.1, 0.15) is 86.1 Å². The van der Waals surface area contributed by atoms with Crippen LogP contribution >= 0.6 is 0 Å². The Morgan fingerprint density at radius 2 is 1.95 bits per heavy atom. The van der Waals surface area contributed by atoms with E-state index in [1.165, 1.54) is 18.1 Å². The van der Waals surface area contributed by atoms with Crippen LogP contribution in [0.5, 0.6) is 0 Å². The highest BCUT2D eigenvalue weighted by molar-refractivity contribution is 5.90. The number of hydrogen-bond acceptors (Lipinski definition) is 6. The number of aliphatic hydroxyl groups excluding tert-OH is 1. The second-order valence-corrected chi connectivity index (χ2v) is 11.6. The molecule has 1 fully saturated rings. The van der Waals surface area contributed by atoms with Crippen LogP contribution in [0.3, 0.4) is 0 Å². The molecule has 3 heterocycles. The lowest BCUT2D eigenvalue weighted by molar-refractivity contribution is -0.167. The molecule has 8 nitrogen and oxygen atoms in total. The summed E-state index contributed by atoms with van der Waals surface area (Å²) in [4.78, 5) is 29.5. The number of hydrogen-bond donors (Lipinski definition) is 2. The van der Waals surface area contributed by atoms with Gasteiger partial charge in [0.1, 0.15) is 11.4 Å². The number of ether oxygens (including phenoxy) is 1. The molecule has 212 valence electrons. The number of carbonyl (C=O) groups excluding carboxylic acids is 2. The molecular weight excluding hydrogens is 504 g/mol. The number of carbonyl (C=O) groups is 2. The number of rotatable bonds is 9. The Bertz CT molecular complexity index is 1470. The summed E-state index contributed by atoms with van der Waals surface area (Å²) in [7, 11) is 0. The van der Waals surface area contributed by atoms with Crippen LogP contribution in [-0.2, 0) is 40.1 Å². The molecule has 2 aliphatic rings. The average molecular weight is 545 g/mol. The van der Waals surface area contributed by atoms with Gasteiger partial charge in [0.15, 0.2) is 11.5 Å². The van der Waals surface area contributed by atoms with Crippen LogP contribution in [0, 0.1) is 19.8 Å². The van der Waals surface area contributed by atoms with Gasteiger partial charge in [-0.1, -0.05) is 38.0 Å². The molecule has 0 bridgehead atoms. The van der Waals surface area contributed by atoms with Gasteiger partial charge in [-0.05, 0) is 86.3 Å². The second-order valence-electron chi connectivity index (χ2n) is 11.6. The van der Waals surface area contributed by atoms with E-state index in [4.69, 9.17) is 4.74 Å². The maximum absolute atomic E-state index is 13.5. The van der Waals surface area contributed by atoms with Crippen LogP contribution in [0.4, 0.5) is 0 Å². The molecule has 1 atom stereocenters. The number of benzene rings is 1. The highest BCUT2D eigenvalue weighted by atomic mass is 16.6. The normalized spacial score (nSPS) is 19.9. The zero-order chi connectivity index (χ0) is 28.4. The summed E-state index contributed by atoms with van der Waals surface area (Å²) in [6.45, 7) is 8.15. The van der Waals surface area contributed by atoms with E-state index in [0.29, 0.717) is 25.2 Å². The Balaban J connectivity index is 1.37. The minimum Gasteiger partial charge on any atom is -0.512 e. The van der Waals surface area contributed by atoms with Crippen molar-refractivity contribution < 1.29 is 19.4 Å². The summed E-state index contributed by atoms with van der Waals surface area (Å²) >= 11 is 0. The zero-order valence-corrected chi connectivity index (χ0v) is 24.0. The molecular formula is C32H40N4O4. The summed E-state index contributed by atoms with van der Waals surface area (Å²) < 4.78 is 8.10. The lowest BCUT2D eigenvalue weighted by atomic mass is 9.76. The van der Waals surface area contributed by atoms with Crippen LogP contribution in [0.25, 0.3) is 5.65 Å². The van der Waals surface area contributed by atoms with Crippen molar-refractivity contribution in [3.05, 3.63) is 75.4 Å². The largest absolute Gasteiger partial charge is 0.512 e. The number of aliphatic hydroxyl groups is 1. The first-order chi connectivity index (χ1) is 19.2. The maximum atomic E-state index is 13.5. The quantitative estimate of drug-likeness (QED) is 0.349. The van der Waals surface area contributed by atoms with Crippen LogP contribution < -0.4 is 5.32 Å². The summed E-state index contributed by atoms with van der Waals surface area (Å²) in [6, 6.07) is 10.4. The first-order valence-electron chi connectivity index (χ1n) is 14.5. The lowest BCUT2D eigenvalue weighted by Crippen LogP contribution is -2.46. The third kappa shape index (κ3) is 5.76. The van der Waals surface area contributed by atoms with Crippen molar-refractivity contribution in [1.29, 1.82) is 0 Å². The van der Waals surface area contributed by atoms with Crippen LogP contribution in [0.2, 0.25) is 0 Å². The van der Waals surface area contributed by atoms with E-state index in [2.05, 4.69) is 40.5 Å². The van der Waals surface area contributed by atoms with Crippen molar-refractivity contribution in [1.82, 2.24) is 19.9 Å². The van der Waals surface area contributed by atoms with Crippen molar-refractivity contribution in [2.24, 2.45) is 5.92 Å². The SMILES string of the molecule is CCc1cc(CCC2(C3CCCC3)CC(O)=C(Cc3nc4cc(C)cc(C)n4n3)C(=O)O2)ccc1CNC(C)=O. The number of nitrogens with zero attached hydrogens (tertiary/aromatic N) is 3. The van der Waals surface area contributed by atoms with Gasteiger partial charge in [-0.15, -0.1) is 0 Å². The van der Waals surface area contributed by atoms with E-state index in [9.17, 15) is 14.7 Å². The van der Waals surface area contributed by atoms with E-state index in [-0.39, 0.29) is 29.6 Å². The molecule has 1 aliphatic heterocycles. The van der Waals surface area contributed by atoms with Gasteiger partial charge < -0.3 is 15.2 Å². The van der Waals surface area contributed by atoms with Gasteiger partial charge in [0, 0.05) is 32.0 Å². The van der Waals surface area contributed by atoms with Gasteiger partial charge in [0.2, 0.25) is 5.91 Å². The molecule has 40 heavy (non-hydrogen) atoms. The van der Waals surface area contributed by atoms with Gasteiger partial charge >= 0.3 is 5.97 Å². The molecule has 0 radical (unpaired) electrons. The summed E-state index contributed by atoms with van der Waals surface area (Å²) in [5.41, 5.74) is 5.82.